The zero-order valence-corrected chi connectivity index (χ0v) is 27.9. The van der Waals surface area contributed by atoms with Gasteiger partial charge in [-0.25, -0.2) is 9.97 Å². The van der Waals surface area contributed by atoms with Crippen LogP contribution in [0.5, 0.6) is 0 Å². The van der Waals surface area contributed by atoms with Gasteiger partial charge in [0.25, 0.3) is 0 Å². The van der Waals surface area contributed by atoms with Crippen LogP contribution in [0.3, 0.4) is 0 Å². The minimum atomic E-state index is 0.455. The summed E-state index contributed by atoms with van der Waals surface area (Å²) in [6.45, 7) is 0. The fourth-order valence-corrected chi connectivity index (χ4v) is 7.23. The maximum Gasteiger partial charge on any atom is 0.152 e. The Morgan fingerprint density at radius 2 is 0.923 bits per heavy atom. The molecule has 7 aromatic rings. The highest BCUT2D eigenvalue weighted by atomic mass is 16.1. The lowest BCUT2D eigenvalue weighted by Crippen LogP contribution is -1.91. The number of carbonyl (C=O) groups excluding carboxylic acids is 2. The summed E-state index contributed by atoms with van der Waals surface area (Å²) in [4.78, 5) is 43.8. The number of rotatable bonds is 6. The van der Waals surface area contributed by atoms with Crippen LogP contribution in [-0.4, -0.2) is 32.5 Å². The van der Waals surface area contributed by atoms with Gasteiger partial charge in [-0.2, -0.15) is 0 Å². The van der Waals surface area contributed by atoms with Gasteiger partial charge in [0.05, 0.1) is 28.3 Å². The highest BCUT2D eigenvalue weighted by molar-refractivity contribution is 6.18. The van der Waals surface area contributed by atoms with E-state index in [-0.39, 0.29) is 0 Å². The second-order valence-corrected chi connectivity index (χ2v) is 12.7. The van der Waals surface area contributed by atoms with Gasteiger partial charge in [0.2, 0.25) is 0 Å². The number of aromatic nitrogens is 4. The third-order valence-corrected chi connectivity index (χ3v) is 9.54. The minimum Gasteiger partial charge on any atom is -0.354 e. The third kappa shape index (κ3) is 5.30. The van der Waals surface area contributed by atoms with E-state index in [4.69, 9.17) is 9.97 Å². The van der Waals surface area contributed by atoms with Crippen LogP contribution in [0.15, 0.2) is 140 Å². The summed E-state index contributed by atoms with van der Waals surface area (Å²) in [7, 11) is 0. The van der Waals surface area contributed by atoms with Crippen molar-refractivity contribution in [2.75, 3.05) is 0 Å². The van der Waals surface area contributed by atoms with Crippen molar-refractivity contribution in [2.45, 2.75) is 0 Å². The lowest BCUT2D eigenvalue weighted by molar-refractivity contribution is -0.103. The second-order valence-electron chi connectivity index (χ2n) is 12.7. The highest BCUT2D eigenvalue weighted by Crippen LogP contribution is 2.40. The first-order valence-corrected chi connectivity index (χ1v) is 17.1. The van der Waals surface area contributed by atoms with E-state index in [0.717, 1.165) is 79.5 Å². The van der Waals surface area contributed by atoms with Gasteiger partial charge >= 0.3 is 0 Å². The summed E-state index contributed by atoms with van der Waals surface area (Å²) >= 11 is 0. The fourth-order valence-electron chi connectivity index (χ4n) is 7.23. The molecular formula is C46H30N4O2. The zero-order chi connectivity index (χ0) is 35.0. The molecule has 0 amide bonds. The largest absolute Gasteiger partial charge is 0.354 e. The lowest BCUT2D eigenvalue weighted by Gasteiger charge is -2.07. The quantitative estimate of drug-likeness (QED) is 0.172. The van der Waals surface area contributed by atoms with Crippen molar-refractivity contribution in [3.05, 3.63) is 168 Å². The molecule has 6 nitrogen and oxygen atoms in total. The molecule has 8 bridgehead atoms. The fraction of sp³-hybridized carbons (Fsp3) is 0. The van der Waals surface area contributed by atoms with E-state index in [0.29, 0.717) is 33.6 Å². The topological polar surface area (TPSA) is 91.5 Å². The van der Waals surface area contributed by atoms with Crippen LogP contribution in [0.25, 0.3) is 90.4 Å². The Morgan fingerprint density at radius 3 is 1.46 bits per heavy atom. The van der Waals surface area contributed by atoms with Crippen molar-refractivity contribution < 1.29 is 9.59 Å². The van der Waals surface area contributed by atoms with Crippen LogP contribution >= 0.6 is 0 Å². The summed E-state index contributed by atoms with van der Waals surface area (Å²) in [5.41, 5.74) is 13.6. The first kappa shape index (κ1) is 30.8. The van der Waals surface area contributed by atoms with Crippen LogP contribution in [-0.2, 0) is 4.79 Å². The molecule has 0 spiro atoms. The van der Waals surface area contributed by atoms with Crippen molar-refractivity contribution >= 4 is 58.4 Å². The first-order chi connectivity index (χ1) is 25.7. The Bertz CT molecular complexity index is 2740. The van der Waals surface area contributed by atoms with Crippen LogP contribution in [0.4, 0.5) is 0 Å². The predicted molar refractivity (Wildman–Crippen MR) is 211 cm³/mol. The van der Waals surface area contributed by atoms with E-state index in [1.165, 1.54) is 0 Å². The Morgan fingerprint density at radius 1 is 0.442 bits per heavy atom. The van der Waals surface area contributed by atoms with Gasteiger partial charge in [0.15, 0.2) is 12.6 Å². The number of allylic oxidation sites excluding steroid dienone is 1. The molecule has 0 fully saturated rings. The summed E-state index contributed by atoms with van der Waals surface area (Å²) in [5.74, 6) is 0. The minimum absolute atomic E-state index is 0.455. The van der Waals surface area contributed by atoms with Gasteiger partial charge in [0, 0.05) is 49.9 Å². The number of fused-ring (bicyclic) bond motifs is 8. The van der Waals surface area contributed by atoms with Crippen molar-refractivity contribution in [2.24, 2.45) is 0 Å². The van der Waals surface area contributed by atoms with Crippen molar-refractivity contribution in [1.29, 1.82) is 0 Å². The van der Waals surface area contributed by atoms with E-state index in [9.17, 15) is 9.59 Å². The molecule has 9 rings (SSSR count). The zero-order valence-electron chi connectivity index (χ0n) is 27.9. The van der Waals surface area contributed by atoms with Crippen LogP contribution in [0.2, 0.25) is 0 Å². The second kappa shape index (κ2) is 12.9. The van der Waals surface area contributed by atoms with Gasteiger partial charge < -0.3 is 9.97 Å². The van der Waals surface area contributed by atoms with Crippen LogP contribution in [0, 0.1) is 0 Å². The normalized spacial score (nSPS) is 12.0. The summed E-state index contributed by atoms with van der Waals surface area (Å²) < 4.78 is 0. The van der Waals surface area contributed by atoms with Gasteiger partial charge in [-0.15, -0.1) is 0 Å². The molecule has 246 valence electrons. The first-order valence-electron chi connectivity index (χ1n) is 17.1. The Balaban J connectivity index is 1.55. The number of hydrogen-bond acceptors (Lipinski definition) is 4. The molecule has 0 saturated carbocycles. The van der Waals surface area contributed by atoms with E-state index in [1.807, 2.05) is 140 Å². The smallest absolute Gasteiger partial charge is 0.152 e. The summed E-state index contributed by atoms with van der Waals surface area (Å²) in [6, 6.07) is 46.0. The molecule has 0 aliphatic carbocycles. The monoisotopic (exact) mass is 670 g/mol. The number of H-pyrrole nitrogens is 2. The SMILES string of the molecule is O=CC1=Cc2nc1c(-c1ccccc1)c1ccc([nH]1)c(-c1ccccc1)c1nc(c(-c3ccccc3)c3[nH]c(cc3C=O)c2-c2ccccc2)C=C1. The molecular weight excluding hydrogens is 641 g/mol. The molecule has 0 radical (unpaired) electrons. The van der Waals surface area contributed by atoms with Gasteiger partial charge in [0.1, 0.15) is 0 Å². The van der Waals surface area contributed by atoms with Gasteiger partial charge in [-0.1, -0.05) is 121 Å². The molecule has 4 aromatic carbocycles. The van der Waals surface area contributed by atoms with Gasteiger partial charge in [-0.3, -0.25) is 9.59 Å². The average molecular weight is 671 g/mol. The number of aromatic amines is 2. The highest BCUT2D eigenvalue weighted by Gasteiger charge is 2.23. The van der Waals surface area contributed by atoms with Crippen molar-refractivity contribution in [3.63, 3.8) is 0 Å². The van der Waals surface area contributed by atoms with Gasteiger partial charge in [-0.05, 0) is 58.7 Å². The van der Waals surface area contributed by atoms with Crippen molar-refractivity contribution in [1.82, 2.24) is 19.9 Å². The number of aldehydes is 2. The Labute approximate surface area is 299 Å². The summed E-state index contributed by atoms with van der Waals surface area (Å²) in [5, 5.41) is 0. The molecule has 2 aliphatic heterocycles. The molecule has 0 unspecified atom stereocenters. The predicted octanol–water partition coefficient (Wildman–Crippen LogP) is 10.7. The van der Waals surface area contributed by atoms with E-state index >= 15 is 0 Å². The molecule has 2 N–H and O–H groups in total. The number of benzene rings is 4. The molecule has 3 aromatic heterocycles. The lowest BCUT2D eigenvalue weighted by atomic mass is 10.00. The van der Waals surface area contributed by atoms with Crippen LogP contribution < -0.4 is 0 Å². The Hall–Kier alpha value is -7.18. The van der Waals surface area contributed by atoms with E-state index in [1.54, 1.807) is 0 Å². The number of nitrogens with zero attached hydrogens (tertiary/aromatic N) is 2. The van der Waals surface area contributed by atoms with E-state index < -0.39 is 0 Å². The van der Waals surface area contributed by atoms with Crippen LogP contribution in [0.1, 0.15) is 33.1 Å². The van der Waals surface area contributed by atoms with E-state index in [2.05, 4.69) is 28.2 Å². The molecule has 0 saturated heterocycles. The molecule has 5 heterocycles. The molecule has 52 heavy (non-hydrogen) atoms. The average Bonchev–Trinajstić information content (AvgIpc) is 4.03. The number of nitrogens with one attached hydrogen (secondary N) is 2. The maximum absolute atomic E-state index is 12.9. The third-order valence-electron chi connectivity index (χ3n) is 9.54. The molecule has 0 atom stereocenters. The molecule has 2 aliphatic rings. The number of hydrogen-bond donors (Lipinski definition) is 2. The van der Waals surface area contributed by atoms with Crippen molar-refractivity contribution in [3.8, 4) is 44.5 Å². The summed E-state index contributed by atoms with van der Waals surface area (Å²) in [6.07, 6.45) is 7.63. The number of carbonyl (C=O) groups is 2. The Kier molecular flexibility index (Phi) is 7.67. The standard InChI is InChI=1S/C46H30N4O2/c51-27-33-25-39-42(30-15-7-2-8-16-30)40-26-34(28-52)46(50-40)44(32-19-11-4-12-20-32)38-24-22-36(48-38)41(29-13-5-1-6-14-29)35-21-23-37(47-35)43(45(33)49-39)31-17-9-3-10-18-31/h1-28,47,50H. The maximum atomic E-state index is 12.9. The molecule has 6 heteroatoms.